The van der Waals surface area contributed by atoms with Crippen molar-refractivity contribution in [3.05, 3.63) is 47.0 Å². The van der Waals surface area contributed by atoms with Crippen LogP contribution in [0.2, 0.25) is 0 Å². The summed E-state index contributed by atoms with van der Waals surface area (Å²) in [6, 6.07) is 5.77. The lowest BCUT2D eigenvalue weighted by Crippen LogP contribution is -2.31. The predicted octanol–water partition coefficient (Wildman–Crippen LogP) is 3.85. The minimum Gasteiger partial charge on any atom is -0.490 e. The van der Waals surface area contributed by atoms with E-state index in [4.69, 9.17) is 9.47 Å². The summed E-state index contributed by atoms with van der Waals surface area (Å²) >= 11 is 0. The fourth-order valence-electron chi connectivity index (χ4n) is 3.15. The van der Waals surface area contributed by atoms with Gasteiger partial charge in [0.25, 0.3) is 0 Å². The molecule has 1 aliphatic heterocycles. The Kier molecular flexibility index (Phi) is 5.84. The Hall–Kier alpha value is -2.35. The molecule has 0 saturated heterocycles. The smallest absolute Gasteiger partial charge is 0.451 e. The monoisotopic (exact) mass is 381 g/mol. The molecule has 0 unspecified atom stereocenters. The third kappa shape index (κ3) is 4.50. The average molecular weight is 381 g/mol. The molecule has 0 atom stereocenters. The molecule has 27 heavy (non-hydrogen) atoms. The third-order valence-electron chi connectivity index (χ3n) is 4.31. The predicted molar refractivity (Wildman–Crippen MR) is 93.6 cm³/mol. The third-order valence-corrected chi connectivity index (χ3v) is 4.31. The maximum absolute atomic E-state index is 12.8. The van der Waals surface area contributed by atoms with Gasteiger partial charge in [-0.25, -0.2) is 9.97 Å². The molecule has 1 aliphatic rings. The van der Waals surface area contributed by atoms with Crippen LogP contribution < -0.4 is 9.47 Å². The summed E-state index contributed by atoms with van der Waals surface area (Å²) in [6.45, 7) is 6.62. The Labute approximate surface area is 156 Å². The fraction of sp³-hybridized carbons (Fsp3) is 0.474. The van der Waals surface area contributed by atoms with Crippen LogP contribution >= 0.6 is 0 Å². The summed E-state index contributed by atoms with van der Waals surface area (Å²) < 4.78 is 49.8. The van der Waals surface area contributed by atoms with E-state index >= 15 is 0 Å². The zero-order chi connectivity index (χ0) is 19.4. The molecule has 0 N–H and O–H groups in total. The van der Waals surface area contributed by atoms with Crippen LogP contribution in [0.25, 0.3) is 0 Å². The van der Waals surface area contributed by atoms with Crippen molar-refractivity contribution in [2.24, 2.45) is 0 Å². The van der Waals surface area contributed by atoms with Crippen LogP contribution in [0.3, 0.4) is 0 Å². The molecule has 3 rings (SSSR count). The second kappa shape index (κ2) is 8.12. The topological polar surface area (TPSA) is 47.5 Å². The first-order chi connectivity index (χ1) is 12.9. The van der Waals surface area contributed by atoms with Gasteiger partial charge < -0.3 is 9.47 Å². The number of benzene rings is 1. The number of aromatic nitrogens is 2. The van der Waals surface area contributed by atoms with E-state index in [1.165, 1.54) is 6.20 Å². The summed E-state index contributed by atoms with van der Waals surface area (Å²) in [7, 11) is 0. The van der Waals surface area contributed by atoms with Crippen molar-refractivity contribution >= 4 is 0 Å². The number of hydrogen-bond donors (Lipinski definition) is 0. The van der Waals surface area contributed by atoms with Crippen LogP contribution in [0.1, 0.15) is 36.5 Å². The standard InChI is InChI=1S/C19H22F3N3O2/c1-3-26-16-7-5-6-13(17(16)27-4-2)11-25-9-8-15-14(12-25)10-23-18(24-15)19(20,21)22/h5-7,10H,3-4,8-9,11-12H2,1-2H3. The van der Waals surface area contributed by atoms with E-state index < -0.39 is 12.0 Å². The van der Waals surface area contributed by atoms with E-state index in [1.807, 2.05) is 32.0 Å². The van der Waals surface area contributed by atoms with Crippen molar-refractivity contribution < 1.29 is 22.6 Å². The summed E-state index contributed by atoms with van der Waals surface area (Å²) in [4.78, 5) is 9.33. The summed E-state index contributed by atoms with van der Waals surface area (Å²) in [5.74, 6) is 0.349. The molecule has 0 saturated carbocycles. The van der Waals surface area contributed by atoms with E-state index in [0.29, 0.717) is 50.7 Å². The number of para-hydroxylation sites is 1. The van der Waals surface area contributed by atoms with Gasteiger partial charge in [0.05, 0.1) is 18.9 Å². The van der Waals surface area contributed by atoms with E-state index in [1.54, 1.807) is 0 Å². The second-order valence-electron chi connectivity index (χ2n) is 6.23. The highest BCUT2D eigenvalue weighted by molar-refractivity contribution is 5.46. The van der Waals surface area contributed by atoms with Crippen molar-refractivity contribution in [1.82, 2.24) is 14.9 Å². The molecular weight excluding hydrogens is 359 g/mol. The van der Waals surface area contributed by atoms with Crippen LogP contribution in [-0.4, -0.2) is 34.6 Å². The Morgan fingerprint density at radius 3 is 2.63 bits per heavy atom. The maximum atomic E-state index is 12.8. The van der Waals surface area contributed by atoms with Crippen LogP contribution in [-0.2, 0) is 25.7 Å². The van der Waals surface area contributed by atoms with Gasteiger partial charge in [-0.05, 0) is 19.9 Å². The van der Waals surface area contributed by atoms with E-state index in [-0.39, 0.29) is 0 Å². The molecule has 0 radical (unpaired) electrons. The molecule has 2 aromatic rings. The van der Waals surface area contributed by atoms with Gasteiger partial charge in [0.1, 0.15) is 0 Å². The van der Waals surface area contributed by atoms with Crippen LogP contribution in [0.15, 0.2) is 24.4 Å². The Morgan fingerprint density at radius 2 is 1.93 bits per heavy atom. The second-order valence-corrected chi connectivity index (χ2v) is 6.23. The number of fused-ring (bicyclic) bond motifs is 1. The van der Waals surface area contributed by atoms with Gasteiger partial charge in [-0.15, -0.1) is 0 Å². The molecule has 2 heterocycles. The zero-order valence-electron chi connectivity index (χ0n) is 15.3. The molecule has 1 aromatic heterocycles. The minimum absolute atomic E-state index is 0.454. The van der Waals surface area contributed by atoms with E-state index in [0.717, 1.165) is 16.9 Å². The highest BCUT2D eigenvalue weighted by Gasteiger charge is 2.35. The lowest BCUT2D eigenvalue weighted by Gasteiger charge is -2.29. The van der Waals surface area contributed by atoms with Crippen LogP contribution in [0.4, 0.5) is 13.2 Å². The van der Waals surface area contributed by atoms with Gasteiger partial charge in [0.15, 0.2) is 11.5 Å². The van der Waals surface area contributed by atoms with Crippen molar-refractivity contribution in [2.75, 3.05) is 19.8 Å². The lowest BCUT2D eigenvalue weighted by atomic mass is 10.1. The first kappa shape index (κ1) is 19.4. The van der Waals surface area contributed by atoms with Crippen LogP contribution in [0.5, 0.6) is 11.5 Å². The number of hydrogen-bond acceptors (Lipinski definition) is 5. The van der Waals surface area contributed by atoms with E-state index in [2.05, 4.69) is 14.9 Å². The highest BCUT2D eigenvalue weighted by Crippen LogP contribution is 2.33. The number of rotatable bonds is 6. The molecule has 0 bridgehead atoms. The first-order valence-corrected chi connectivity index (χ1v) is 8.94. The van der Waals surface area contributed by atoms with Crippen molar-refractivity contribution in [3.63, 3.8) is 0 Å². The number of ether oxygens (including phenoxy) is 2. The number of nitrogens with zero attached hydrogens (tertiary/aromatic N) is 3. The van der Waals surface area contributed by atoms with Crippen molar-refractivity contribution in [3.8, 4) is 11.5 Å². The van der Waals surface area contributed by atoms with Gasteiger partial charge >= 0.3 is 6.18 Å². The average Bonchev–Trinajstić information content (AvgIpc) is 2.63. The molecular formula is C19H22F3N3O2. The van der Waals surface area contributed by atoms with Crippen molar-refractivity contribution in [1.29, 1.82) is 0 Å². The molecule has 146 valence electrons. The molecule has 0 spiro atoms. The quantitative estimate of drug-likeness (QED) is 0.761. The van der Waals surface area contributed by atoms with Gasteiger partial charge in [0.2, 0.25) is 5.82 Å². The number of alkyl halides is 3. The molecule has 0 aliphatic carbocycles. The Bertz CT molecular complexity index is 796. The molecule has 5 nitrogen and oxygen atoms in total. The Morgan fingerprint density at radius 1 is 1.15 bits per heavy atom. The number of halogens is 3. The summed E-state index contributed by atoms with van der Waals surface area (Å²) in [6.07, 6.45) is -2.77. The van der Waals surface area contributed by atoms with Crippen molar-refractivity contribution in [2.45, 2.75) is 39.5 Å². The molecule has 8 heteroatoms. The zero-order valence-corrected chi connectivity index (χ0v) is 15.3. The summed E-state index contributed by atoms with van der Waals surface area (Å²) in [5.41, 5.74) is 2.19. The minimum atomic E-state index is -4.52. The maximum Gasteiger partial charge on any atom is 0.451 e. The van der Waals surface area contributed by atoms with Gasteiger partial charge in [0, 0.05) is 43.4 Å². The lowest BCUT2D eigenvalue weighted by molar-refractivity contribution is -0.145. The molecule has 1 aromatic carbocycles. The summed E-state index contributed by atoms with van der Waals surface area (Å²) in [5, 5.41) is 0. The molecule has 0 amide bonds. The normalized spacial score (nSPS) is 14.7. The molecule has 0 fully saturated rings. The van der Waals surface area contributed by atoms with Gasteiger partial charge in [-0.3, -0.25) is 4.90 Å². The van der Waals surface area contributed by atoms with Gasteiger partial charge in [-0.2, -0.15) is 13.2 Å². The highest BCUT2D eigenvalue weighted by atomic mass is 19.4. The van der Waals surface area contributed by atoms with Gasteiger partial charge in [-0.1, -0.05) is 12.1 Å². The van der Waals surface area contributed by atoms with E-state index in [9.17, 15) is 13.2 Å². The van der Waals surface area contributed by atoms with Crippen LogP contribution in [0, 0.1) is 0 Å². The Balaban J connectivity index is 1.78. The fourth-order valence-corrected chi connectivity index (χ4v) is 3.15. The largest absolute Gasteiger partial charge is 0.490 e. The first-order valence-electron chi connectivity index (χ1n) is 8.94. The SMILES string of the molecule is CCOc1cccc(CN2CCc3nc(C(F)(F)F)ncc3C2)c1OCC.